The quantitative estimate of drug-likeness (QED) is 0.817. The first-order valence-corrected chi connectivity index (χ1v) is 7.20. The number of rotatable bonds is 4. The summed E-state index contributed by atoms with van der Waals surface area (Å²) in [7, 11) is 1.69. The molecular weight excluding hydrogens is 303 g/mol. The second-order valence-electron chi connectivity index (χ2n) is 4.85. The molecule has 0 amide bonds. The van der Waals surface area contributed by atoms with Gasteiger partial charge in [0.15, 0.2) is 4.77 Å². The maximum absolute atomic E-state index is 6.11. The van der Waals surface area contributed by atoms with Gasteiger partial charge < -0.3 is 14.3 Å². The average Bonchev–Trinajstić information content (AvgIpc) is 2.62. The van der Waals surface area contributed by atoms with Gasteiger partial charge in [-0.05, 0) is 30.3 Å². The Kier molecular flexibility index (Phi) is 4.56. The smallest absolute Gasteiger partial charge is 0.178 e. The van der Waals surface area contributed by atoms with E-state index in [1.165, 1.54) is 0 Å². The molecule has 0 aliphatic heterocycles. The highest BCUT2D eigenvalue weighted by Gasteiger charge is 2.19. The SMILES string of the molecule is COCC(C(C)C)n1c(=S)[nH]c2cc(Cl)c(Cl)cc21. The molecule has 0 bridgehead atoms. The van der Waals surface area contributed by atoms with Crippen LogP contribution in [-0.2, 0) is 4.74 Å². The van der Waals surface area contributed by atoms with Crippen molar-refractivity contribution in [3.63, 3.8) is 0 Å². The molecule has 0 saturated carbocycles. The summed E-state index contributed by atoms with van der Waals surface area (Å²) in [5.41, 5.74) is 1.84. The highest BCUT2D eigenvalue weighted by atomic mass is 35.5. The van der Waals surface area contributed by atoms with E-state index in [1.54, 1.807) is 13.2 Å². The summed E-state index contributed by atoms with van der Waals surface area (Å²) in [5.74, 6) is 0.389. The van der Waals surface area contributed by atoms with Gasteiger partial charge in [0.25, 0.3) is 0 Å². The third-order valence-electron chi connectivity index (χ3n) is 3.20. The number of ether oxygens (including phenoxy) is 1. The number of halogens is 2. The van der Waals surface area contributed by atoms with Crippen LogP contribution in [0.2, 0.25) is 10.0 Å². The van der Waals surface area contributed by atoms with Gasteiger partial charge in [0.1, 0.15) is 0 Å². The van der Waals surface area contributed by atoms with E-state index in [0.717, 1.165) is 11.0 Å². The molecule has 1 N–H and O–H groups in total. The summed E-state index contributed by atoms with van der Waals surface area (Å²) >= 11 is 17.6. The van der Waals surface area contributed by atoms with Gasteiger partial charge in [0, 0.05) is 7.11 Å². The zero-order valence-corrected chi connectivity index (χ0v) is 13.4. The van der Waals surface area contributed by atoms with Gasteiger partial charge in [-0.25, -0.2) is 0 Å². The van der Waals surface area contributed by atoms with E-state index < -0.39 is 0 Å². The van der Waals surface area contributed by atoms with Crippen LogP contribution < -0.4 is 0 Å². The fourth-order valence-corrected chi connectivity index (χ4v) is 2.85. The number of imidazole rings is 1. The van der Waals surface area contributed by atoms with Gasteiger partial charge in [0.2, 0.25) is 0 Å². The molecule has 19 heavy (non-hydrogen) atoms. The molecule has 0 aliphatic carbocycles. The lowest BCUT2D eigenvalue weighted by Crippen LogP contribution is -2.20. The van der Waals surface area contributed by atoms with E-state index in [0.29, 0.717) is 27.3 Å². The number of H-pyrrole nitrogens is 1. The number of nitrogens with one attached hydrogen (secondary N) is 1. The molecule has 1 atom stereocenters. The van der Waals surface area contributed by atoms with Crippen LogP contribution in [0.15, 0.2) is 12.1 Å². The third-order valence-corrected chi connectivity index (χ3v) is 4.22. The van der Waals surface area contributed by atoms with Crippen LogP contribution in [0.5, 0.6) is 0 Å². The number of hydrogen-bond acceptors (Lipinski definition) is 2. The molecule has 3 nitrogen and oxygen atoms in total. The van der Waals surface area contributed by atoms with Gasteiger partial charge in [-0.3, -0.25) is 0 Å². The topological polar surface area (TPSA) is 29.9 Å². The minimum atomic E-state index is 0.156. The Morgan fingerprint density at radius 1 is 1.32 bits per heavy atom. The van der Waals surface area contributed by atoms with Gasteiger partial charge in [-0.1, -0.05) is 37.0 Å². The molecule has 1 aromatic heterocycles. The molecule has 2 rings (SSSR count). The van der Waals surface area contributed by atoms with Crippen molar-refractivity contribution in [3.8, 4) is 0 Å². The van der Waals surface area contributed by atoms with E-state index in [4.69, 9.17) is 40.2 Å². The predicted octanol–water partition coefficient (Wildman–Crippen LogP) is 4.85. The first-order chi connectivity index (χ1) is 8.95. The molecule has 0 spiro atoms. The molecular formula is C13H16Cl2N2OS. The maximum atomic E-state index is 6.11. The fourth-order valence-electron chi connectivity index (χ4n) is 2.19. The van der Waals surface area contributed by atoms with Crippen LogP contribution in [0.3, 0.4) is 0 Å². The molecule has 1 aromatic carbocycles. The van der Waals surface area contributed by atoms with Crippen molar-refractivity contribution < 1.29 is 4.74 Å². The van der Waals surface area contributed by atoms with Gasteiger partial charge in [-0.2, -0.15) is 0 Å². The summed E-state index contributed by atoms with van der Waals surface area (Å²) in [5, 5.41) is 1.04. The lowest BCUT2D eigenvalue weighted by atomic mass is 10.1. The van der Waals surface area contributed by atoms with Crippen molar-refractivity contribution in [2.24, 2.45) is 5.92 Å². The predicted molar refractivity (Wildman–Crippen MR) is 82.9 cm³/mol. The first-order valence-electron chi connectivity index (χ1n) is 6.04. The molecule has 104 valence electrons. The van der Waals surface area contributed by atoms with Crippen molar-refractivity contribution in [3.05, 3.63) is 26.9 Å². The third kappa shape index (κ3) is 2.82. The summed E-state index contributed by atoms with van der Waals surface area (Å²) in [6, 6.07) is 3.80. The first kappa shape index (κ1) is 14.9. The molecule has 1 heterocycles. The summed E-state index contributed by atoms with van der Waals surface area (Å²) < 4.78 is 8.02. The molecule has 6 heteroatoms. The molecule has 2 aromatic rings. The van der Waals surface area contributed by atoms with Gasteiger partial charge >= 0.3 is 0 Å². The van der Waals surface area contributed by atoms with Gasteiger partial charge in [-0.15, -0.1) is 0 Å². The van der Waals surface area contributed by atoms with Crippen molar-refractivity contribution in [2.75, 3.05) is 13.7 Å². The lowest BCUT2D eigenvalue weighted by Gasteiger charge is -2.22. The summed E-state index contributed by atoms with van der Waals surface area (Å²) in [6.45, 7) is 4.88. The van der Waals surface area contributed by atoms with Crippen LogP contribution in [0.1, 0.15) is 19.9 Å². The standard InChI is InChI=1S/C13H16Cl2N2OS/c1-7(2)12(6-18-3)17-11-5-9(15)8(14)4-10(11)16-13(17)19/h4-5,7,12H,6H2,1-3H3,(H,16,19). The molecule has 0 aliphatic rings. The monoisotopic (exact) mass is 318 g/mol. The molecule has 0 radical (unpaired) electrons. The Bertz CT molecular complexity index is 648. The second-order valence-corrected chi connectivity index (χ2v) is 6.05. The Balaban J connectivity index is 2.68. The highest BCUT2D eigenvalue weighted by Crippen LogP contribution is 2.31. The van der Waals surface area contributed by atoms with Crippen molar-refractivity contribution in [1.29, 1.82) is 0 Å². The van der Waals surface area contributed by atoms with Crippen LogP contribution >= 0.6 is 35.4 Å². The summed E-state index contributed by atoms with van der Waals surface area (Å²) in [4.78, 5) is 3.17. The van der Waals surface area contributed by atoms with E-state index in [9.17, 15) is 0 Å². The highest BCUT2D eigenvalue weighted by molar-refractivity contribution is 7.71. The zero-order valence-electron chi connectivity index (χ0n) is 11.0. The number of benzene rings is 1. The maximum Gasteiger partial charge on any atom is 0.178 e. The van der Waals surface area contributed by atoms with Crippen LogP contribution in [-0.4, -0.2) is 23.3 Å². The van der Waals surface area contributed by atoms with Crippen molar-refractivity contribution in [2.45, 2.75) is 19.9 Å². The normalized spacial score (nSPS) is 13.4. The second kappa shape index (κ2) is 5.83. The number of hydrogen-bond donors (Lipinski definition) is 1. The minimum Gasteiger partial charge on any atom is -0.383 e. The van der Waals surface area contributed by atoms with Crippen LogP contribution in [0.25, 0.3) is 11.0 Å². The Hall–Kier alpha value is -0.550. The van der Waals surface area contributed by atoms with E-state index in [-0.39, 0.29) is 6.04 Å². The number of nitrogens with zero attached hydrogens (tertiary/aromatic N) is 1. The lowest BCUT2D eigenvalue weighted by molar-refractivity contribution is 0.134. The van der Waals surface area contributed by atoms with E-state index >= 15 is 0 Å². The van der Waals surface area contributed by atoms with Crippen molar-refractivity contribution >= 4 is 46.5 Å². The fraction of sp³-hybridized carbons (Fsp3) is 0.462. The summed E-state index contributed by atoms with van der Waals surface area (Å²) in [6.07, 6.45) is 0. The number of fused-ring (bicyclic) bond motifs is 1. The van der Waals surface area contributed by atoms with E-state index in [1.807, 2.05) is 6.07 Å². The zero-order chi connectivity index (χ0) is 14.2. The Labute approximate surface area is 127 Å². The Morgan fingerprint density at radius 2 is 1.95 bits per heavy atom. The number of aromatic amines is 1. The number of aromatic nitrogens is 2. The van der Waals surface area contributed by atoms with Crippen LogP contribution in [0.4, 0.5) is 0 Å². The molecule has 0 fully saturated rings. The van der Waals surface area contributed by atoms with E-state index in [2.05, 4.69) is 23.4 Å². The van der Waals surface area contributed by atoms with Crippen molar-refractivity contribution in [1.82, 2.24) is 9.55 Å². The average molecular weight is 319 g/mol. The van der Waals surface area contributed by atoms with Crippen LogP contribution in [0, 0.1) is 10.7 Å². The minimum absolute atomic E-state index is 0.156. The number of methoxy groups -OCH3 is 1. The van der Waals surface area contributed by atoms with Gasteiger partial charge in [0.05, 0.1) is 33.7 Å². The molecule has 0 saturated heterocycles. The molecule has 1 unspecified atom stereocenters. The largest absolute Gasteiger partial charge is 0.383 e. The Morgan fingerprint density at radius 3 is 2.53 bits per heavy atom.